The predicted octanol–water partition coefficient (Wildman–Crippen LogP) is 2.54. The number of rotatable bonds is 5. The molecule has 1 saturated carbocycles. The highest BCUT2D eigenvalue weighted by Crippen LogP contribution is 2.55. The molecule has 2 aromatic rings. The van der Waals surface area contributed by atoms with Crippen molar-refractivity contribution in [2.45, 2.75) is 37.2 Å². The number of aromatic amines is 1. The van der Waals surface area contributed by atoms with E-state index in [0.717, 1.165) is 25.9 Å². The average Bonchev–Trinajstić information content (AvgIpc) is 3.00. The molecule has 1 saturated heterocycles. The molecule has 1 atom stereocenters. The van der Waals surface area contributed by atoms with Crippen molar-refractivity contribution in [2.75, 3.05) is 25.5 Å². The molecule has 9 heteroatoms. The molecule has 25 heavy (non-hydrogen) atoms. The summed E-state index contributed by atoms with van der Waals surface area (Å²) in [5.41, 5.74) is 0.430. The summed E-state index contributed by atoms with van der Waals surface area (Å²) in [7, 11) is 2.09. The van der Waals surface area contributed by atoms with Crippen LogP contribution in [0.1, 0.15) is 30.9 Å². The van der Waals surface area contributed by atoms with Gasteiger partial charge in [-0.2, -0.15) is 10.1 Å². The predicted molar refractivity (Wildman–Crippen MR) is 87.4 cm³/mol. The van der Waals surface area contributed by atoms with Gasteiger partial charge in [-0.25, -0.2) is 8.78 Å². The Morgan fingerprint density at radius 3 is 2.76 bits per heavy atom. The monoisotopic (exact) mass is 350 g/mol. The molecule has 1 aliphatic carbocycles. The fourth-order valence-electron chi connectivity index (χ4n) is 3.00. The Kier molecular flexibility index (Phi) is 4.03. The van der Waals surface area contributed by atoms with E-state index in [9.17, 15) is 8.78 Å². The van der Waals surface area contributed by atoms with E-state index in [1.807, 2.05) is 0 Å². The third kappa shape index (κ3) is 3.71. The molecule has 2 aromatic heterocycles. The number of anilines is 2. The number of halogens is 2. The summed E-state index contributed by atoms with van der Waals surface area (Å²) in [6.45, 7) is 2.00. The van der Waals surface area contributed by atoms with E-state index in [1.165, 1.54) is 0 Å². The second kappa shape index (κ2) is 6.21. The van der Waals surface area contributed by atoms with E-state index >= 15 is 0 Å². The van der Waals surface area contributed by atoms with E-state index in [2.05, 4.69) is 37.4 Å². The molecule has 2 fully saturated rings. The lowest BCUT2D eigenvalue weighted by molar-refractivity contribution is 0.109. The number of likely N-dealkylation sites (tertiary alicyclic amines) is 1. The number of aromatic nitrogens is 4. The van der Waals surface area contributed by atoms with Gasteiger partial charge in [-0.3, -0.25) is 10.1 Å². The smallest absolute Gasteiger partial charge is 0.257 e. The lowest BCUT2D eigenvalue weighted by Crippen LogP contribution is -2.35. The van der Waals surface area contributed by atoms with Gasteiger partial charge >= 0.3 is 0 Å². The lowest BCUT2D eigenvalue weighted by Gasteiger charge is -2.28. The summed E-state index contributed by atoms with van der Waals surface area (Å²) in [6.07, 6.45) is 5.03. The molecule has 4 rings (SSSR count). The summed E-state index contributed by atoms with van der Waals surface area (Å²) in [6, 6.07) is 1.58. The first-order valence-corrected chi connectivity index (χ1v) is 8.37. The van der Waals surface area contributed by atoms with Gasteiger partial charge in [0.25, 0.3) is 5.92 Å². The number of nitrogens with zero attached hydrogens (tertiary/aromatic N) is 4. The van der Waals surface area contributed by atoms with Gasteiger partial charge in [-0.05, 0) is 19.9 Å². The van der Waals surface area contributed by atoms with Gasteiger partial charge in [0.1, 0.15) is 6.10 Å². The molecule has 0 unspecified atom stereocenters. The lowest BCUT2D eigenvalue weighted by atomic mass is 10.1. The Morgan fingerprint density at radius 1 is 1.28 bits per heavy atom. The molecule has 2 N–H and O–H groups in total. The molecular formula is C16H20F2N6O. The third-order valence-electron chi connectivity index (χ3n) is 4.62. The molecule has 0 radical (unpaired) electrons. The van der Waals surface area contributed by atoms with Crippen molar-refractivity contribution in [2.24, 2.45) is 0 Å². The number of H-pyrrole nitrogens is 1. The maximum absolute atomic E-state index is 13.1. The van der Waals surface area contributed by atoms with Gasteiger partial charge in [-0.1, -0.05) is 0 Å². The van der Waals surface area contributed by atoms with Crippen LogP contribution in [-0.4, -0.2) is 57.2 Å². The summed E-state index contributed by atoms with van der Waals surface area (Å²) in [5, 5.41) is 9.63. The Labute approximate surface area is 143 Å². The molecule has 134 valence electrons. The van der Waals surface area contributed by atoms with Crippen LogP contribution in [0.4, 0.5) is 20.4 Å². The van der Waals surface area contributed by atoms with E-state index in [0.29, 0.717) is 23.2 Å². The van der Waals surface area contributed by atoms with Crippen LogP contribution < -0.4 is 10.1 Å². The van der Waals surface area contributed by atoms with Crippen LogP contribution in [0.2, 0.25) is 0 Å². The Hall–Kier alpha value is -2.29. The topological polar surface area (TPSA) is 79.0 Å². The normalized spacial score (nSPS) is 23.4. The number of hydrogen-bond donors (Lipinski definition) is 2. The summed E-state index contributed by atoms with van der Waals surface area (Å²) < 4.78 is 32.1. The van der Waals surface area contributed by atoms with Gasteiger partial charge in [0, 0.05) is 31.3 Å². The first-order chi connectivity index (χ1) is 12.0. The first-order valence-electron chi connectivity index (χ1n) is 8.37. The summed E-state index contributed by atoms with van der Waals surface area (Å²) in [4.78, 5) is 10.8. The molecule has 0 bridgehead atoms. The molecule has 7 nitrogen and oxygen atoms in total. The van der Waals surface area contributed by atoms with Crippen LogP contribution in [0.15, 0.2) is 18.5 Å². The molecule has 0 amide bonds. The first kappa shape index (κ1) is 16.2. The van der Waals surface area contributed by atoms with E-state index in [1.54, 1.807) is 18.5 Å². The zero-order valence-corrected chi connectivity index (χ0v) is 13.9. The minimum Gasteiger partial charge on any atom is -0.473 e. The highest BCUT2D eigenvalue weighted by molar-refractivity contribution is 5.52. The largest absolute Gasteiger partial charge is 0.473 e. The van der Waals surface area contributed by atoms with Gasteiger partial charge in [-0.15, -0.1) is 0 Å². The van der Waals surface area contributed by atoms with Gasteiger partial charge in [0.15, 0.2) is 11.6 Å². The maximum atomic E-state index is 13.1. The van der Waals surface area contributed by atoms with E-state index in [-0.39, 0.29) is 12.5 Å². The molecule has 1 aliphatic heterocycles. The average molecular weight is 350 g/mol. The molecule has 0 aromatic carbocycles. The van der Waals surface area contributed by atoms with E-state index < -0.39 is 11.8 Å². The minimum atomic E-state index is -2.62. The highest BCUT2D eigenvalue weighted by Gasteiger charge is 2.58. The van der Waals surface area contributed by atoms with Crippen molar-refractivity contribution in [3.63, 3.8) is 0 Å². The fraction of sp³-hybridized carbons (Fsp3) is 0.562. The van der Waals surface area contributed by atoms with Crippen LogP contribution in [-0.2, 0) is 0 Å². The summed E-state index contributed by atoms with van der Waals surface area (Å²) >= 11 is 0. The molecule has 3 heterocycles. The van der Waals surface area contributed by atoms with Gasteiger partial charge in [0.05, 0.1) is 18.3 Å². The number of piperidine rings is 1. The van der Waals surface area contributed by atoms with Gasteiger partial charge < -0.3 is 15.0 Å². The zero-order chi connectivity index (χ0) is 17.4. The van der Waals surface area contributed by atoms with Crippen LogP contribution in [0.3, 0.4) is 0 Å². The zero-order valence-electron chi connectivity index (χ0n) is 13.9. The Morgan fingerprint density at radius 2 is 2.04 bits per heavy atom. The van der Waals surface area contributed by atoms with Crippen LogP contribution in [0.5, 0.6) is 5.88 Å². The third-order valence-corrected chi connectivity index (χ3v) is 4.62. The van der Waals surface area contributed by atoms with Crippen LogP contribution in [0.25, 0.3) is 0 Å². The summed E-state index contributed by atoms with van der Waals surface area (Å²) in [5.74, 6) is -2.04. The second-order valence-electron chi connectivity index (χ2n) is 6.71. The van der Waals surface area contributed by atoms with Crippen LogP contribution >= 0.6 is 0 Å². The number of alkyl halides is 2. The molecular weight excluding hydrogens is 330 g/mol. The second-order valence-corrected chi connectivity index (χ2v) is 6.71. The van der Waals surface area contributed by atoms with Crippen molar-refractivity contribution in [1.29, 1.82) is 0 Å². The van der Waals surface area contributed by atoms with Crippen molar-refractivity contribution in [3.05, 3.63) is 24.2 Å². The Balaban J connectivity index is 1.38. The highest BCUT2D eigenvalue weighted by atomic mass is 19.3. The number of ether oxygens (including phenoxy) is 1. The SMILES string of the molecule is CN1CCC(Oc2cncc(Nc3cc([C@@H]4CC4(F)F)[nH]n3)n2)CC1. The van der Waals surface area contributed by atoms with Gasteiger partial charge in [0.2, 0.25) is 5.88 Å². The van der Waals surface area contributed by atoms with Crippen molar-refractivity contribution >= 4 is 11.6 Å². The van der Waals surface area contributed by atoms with Crippen molar-refractivity contribution < 1.29 is 13.5 Å². The quantitative estimate of drug-likeness (QED) is 0.863. The van der Waals surface area contributed by atoms with Crippen LogP contribution in [0, 0.1) is 0 Å². The fourth-order valence-corrected chi connectivity index (χ4v) is 3.00. The van der Waals surface area contributed by atoms with Crippen molar-refractivity contribution in [3.8, 4) is 5.88 Å². The molecule has 0 spiro atoms. The minimum absolute atomic E-state index is 0.131. The molecule has 2 aliphatic rings. The number of hydrogen-bond acceptors (Lipinski definition) is 6. The van der Waals surface area contributed by atoms with Crippen molar-refractivity contribution in [1.82, 2.24) is 25.1 Å². The maximum Gasteiger partial charge on any atom is 0.257 e. The number of nitrogens with one attached hydrogen (secondary N) is 2. The Bertz CT molecular complexity index is 744. The van der Waals surface area contributed by atoms with E-state index in [4.69, 9.17) is 4.74 Å². The standard InChI is InChI=1S/C16H20F2N6O/c1-24-4-2-10(3-5-24)25-15-9-19-8-14(21-15)20-13-6-12(22-23-13)11-7-16(11,17)18/h6,8-11H,2-5,7H2,1H3,(H2,20,21,22,23)/t11-/m0/s1.